The molecule has 0 unspecified atom stereocenters. The Bertz CT molecular complexity index is 404. The van der Waals surface area contributed by atoms with Crippen LogP contribution in [0.3, 0.4) is 0 Å². The molecule has 0 saturated carbocycles. The van der Waals surface area contributed by atoms with Gasteiger partial charge in [-0.15, -0.1) is 13.2 Å². The minimum atomic E-state index is -4.81. The van der Waals surface area contributed by atoms with Gasteiger partial charge in [0.25, 0.3) is 0 Å². The molecule has 0 aliphatic heterocycles. The molecule has 0 aliphatic rings. The van der Waals surface area contributed by atoms with Crippen molar-refractivity contribution in [1.29, 1.82) is 0 Å². The van der Waals surface area contributed by atoms with Crippen LogP contribution in [0.4, 0.5) is 13.2 Å². The first-order valence-corrected chi connectivity index (χ1v) is 4.13. The van der Waals surface area contributed by atoms with Crippen LogP contribution >= 0.6 is 0 Å². The zero-order chi connectivity index (χ0) is 12.3. The third-order valence-corrected chi connectivity index (χ3v) is 1.81. The van der Waals surface area contributed by atoms with Gasteiger partial charge in [-0.1, -0.05) is 0 Å². The topological polar surface area (TPSA) is 48.4 Å². The van der Waals surface area contributed by atoms with Gasteiger partial charge in [0.2, 0.25) is 0 Å². The number of halogens is 3. The Labute approximate surface area is 89.0 Å². The first-order valence-electron chi connectivity index (χ1n) is 4.13. The molecule has 0 amide bonds. The second kappa shape index (κ2) is 4.38. The van der Waals surface area contributed by atoms with Crippen molar-refractivity contribution in [2.24, 2.45) is 0 Å². The van der Waals surface area contributed by atoms with E-state index < -0.39 is 12.1 Å². The SMILES string of the molecule is COc1c(C=O)ncc(OC(F)(F)F)c1C. The Morgan fingerprint density at radius 1 is 1.44 bits per heavy atom. The van der Waals surface area contributed by atoms with Gasteiger partial charge >= 0.3 is 6.36 Å². The predicted molar refractivity (Wildman–Crippen MR) is 47.6 cm³/mol. The van der Waals surface area contributed by atoms with Gasteiger partial charge in [-0.2, -0.15) is 0 Å². The predicted octanol–water partition coefficient (Wildman–Crippen LogP) is 2.11. The molecule has 0 saturated heterocycles. The van der Waals surface area contributed by atoms with Crippen LogP contribution in [-0.2, 0) is 0 Å². The highest BCUT2D eigenvalue weighted by Gasteiger charge is 2.32. The van der Waals surface area contributed by atoms with Crippen molar-refractivity contribution in [2.75, 3.05) is 7.11 Å². The number of hydrogen-bond acceptors (Lipinski definition) is 4. The third-order valence-electron chi connectivity index (χ3n) is 1.81. The van der Waals surface area contributed by atoms with Crippen molar-refractivity contribution in [3.8, 4) is 11.5 Å². The largest absolute Gasteiger partial charge is 0.573 e. The summed E-state index contributed by atoms with van der Waals surface area (Å²) in [6.07, 6.45) is -3.58. The van der Waals surface area contributed by atoms with E-state index in [0.29, 0.717) is 6.29 Å². The minimum absolute atomic E-state index is 0.0308. The van der Waals surface area contributed by atoms with Crippen molar-refractivity contribution in [1.82, 2.24) is 4.98 Å². The summed E-state index contributed by atoms with van der Waals surface area (Å²) in [4.78, 5) is 14.0. The van der Waals surface area contributed by atoms with E-state index in [1.807, 2.05) is 0 Å². The molecule has 0 aromatic carbocycles. The van der Waals surface area contributed by atoms with Crippen LogP contribution in [0, 0.1) is 6.92 Å². The fraction of sp³-hybridized carbons (Fsp3) is 0.333. The van der Waals surface area contributed by atoms with E-state index in [-0.39, 0.29) is 17.0 Å². The second-order valence-corrected chi connectivity index (χ2v) is 2.83. The molecule has 1 rings (SSSR count). The fourth-order valence-corrected chi connectivity index (χ4v) is 1.16. The maximum atomic E-state index is 12.0. The average molecular weight is 235 g/mol. The molecule has 1 aromatic rings. The summed E-state index contributed by atoms with van der Waals surface area (Å²) in [5, 5.41) is 0. The van der Waals surface area contributed by atoms with Gasteiger partial charge in [0.05, 0.1) is 13.3 Å². The zero-order valence-corrected chi connectivity index (χ0v) is 8.46. The fourth-order valence-electron chi connectivity index (χ4n) is 1.16. The molecule has 16 heavy (non-hydrogen) atoms. The standard InChI is InChI=1S/C9H8F3NO3/c1-5-7(16-9(10,11)12)3-13-6(4-14)8(5)15-2/h3-4H,1-2H3. The maximum Gasteiger partial charge on any atom is 0.573 e. The van der Waals surface area contributed by atoms with E-state index in [1.54, 1.807) is 0 Å². The first kappa shape index (κ1) is 12.3. The van der Waals surface area contributed by atoms with Crippen molar-refractivity contribution in [3.63, 3.8) is 0 Å². The lowest BCUT2D eigenvalue weighted by atomic mass is 10.2. The van der Waals surface area contributed by atoms with E-state index in [1.165, 1.54) is 14.0 Å². The number of ether oxygens (including phenoxy) is 2. The zero-order valence-electron chi connectivity index (χ0n) is 8.46. The Balaban J connectivity index is 3.19. The highest BCUT2D eigenvalue weighted by Crippen LogP contribution is 2.32. The Hall–Kier alpha value is -1.79. The monoisotopic (exact) mass is 235 g/mol. The first-order chi connectivity index (χ1) is 7.39. The van der Waals surface area contributed by atoms with Gasteiger partial charge in [0, 0.05) is 5.56 Å². The van der Waals surface area contributed by atoms with Gasteiger partial charge in [-0.25, -0.2) is 4.98 Å². The summed E-state index contributed by atoms with van der Waals surface area (Å²) < 4.78 is 44.4. The van der Waals surface area contributed by atoms with Crippen molar-refractivity contribution >= 4 is 6.29 Å². The molecule has 0 spiro atoms. The van der Waals surface area contributed by atoms with Crippen LogP contribution in [0.5, 0.6) is 11.5 Å². The van der Waals surface area contributed by atoms with Gasteiger partial charge < -0.3 is 9.47 Å². The summed E-state index contributed by atoms with van der Waals surface area (Å²) in [6, 6.07) is 0. The number of hydrogen-bond donors (Lipinski definition) is 0. The van der Waals surface area contributed by atoms with Gasteiger partial charge in [-0.3, -0.25) is 4.79 Å². The number of methoxy groups -OCH3 is 1. The Morgan fingerprint density at radius 3 is 2.50 bits per heavy atom. The van der Waals surface area contributed by atoms with Crippen LogP contribution in [0.2, 0.25) is 0 Å². The highest BCUT2D eigenvalue weighted by atomic mass is 19.4. The molecular weight excluding hydrogens is 227 g/mol. The number of rotatable bonds is 3. The Morgan fingerprint density at radius 2 is 2.06 bits per heavy atom. The van der Waals surface area contributed by atoms with Crippen LogP contribution in [0.25, 0.3) is 0 Å². The lowest BCUT2D eigenvalue weighted by molar-refractivity contribution is -0.275. The van der Waals surface area contributed by atoms with Gasteiger partial charge in [0.1, 0.15) is 5.69 Å². The quantitative estimate of drug-likeness (QED) is 0.753. The molecule has 0 bridgehead atoms. The normalized spacial score (nSPS) is 11.1. The number of aldehydes is 1. The van der Waals surface area contributed by atoms with Crippen molar-refractivity contribution < 1.29 is 27.4 Å². The van der Waals surface area contributed by atoms with E-state index >= 15 is 0 Å². The van der Waals surface area contributed by atoms with Crippen molar-refractivity contribution in [3.05, 3.63) is 17.5 Å². The number of nitrogens with zero attached hydrogens (tertiary/aromatic N) is 1. The minimum Gasteiger partial charge on any atom is -0.494 e. The molecule has 88 valence electrons. The molecule has 1 aromatic heterocycles. The number of pyridine rings is 1. The number of carbonyl (C=O) groups excluding carboxylic acids is 1. The van der Waals surface area contributed by atoms with Crippen LogP contribution < -0.4 is 9.47 Å². The van der Waals surface area contributed by atoms with Crippen LogP contribution in [-0.4, -0.2) is 24.7 Å². The van der Waals surface area contributed by atoms with Crippen LogP contribution in [0.15, 0.2) is 6.20 Å². The molecule has 7 heteroatoms. The molecule has 1 heterocycles. The third kappa shape index (κ3) is 2.62. The lowest BCUT2D eigenvalue weighted by Gasteiger charge is -2.13. The summed E-state index contributed by atoms with van der Waals surface area (Å²) in [7, 11) is 1.23. The number of aromatic nitrogens is 1. The molecule has 0 aliphatic carbocycles. The molecular formula is C9H8F3NO3. The molecule has 4 nitrogen and oxygen atoms in total. The maximum absolute atomic E-state index is 12.0. The van der Waals surface area contributed by atoms with Crippen molar-refractivity contribution in [2.45, 2.75) is 13.3 Å². The average Bonchev–Trinajstić information content (AvgIpc) is 2.19. The molecule has 0 fully saturated rings. The number of carbonyl (C=O) groups is 1. The summed E-state index contributed by atoms with van der Waals surface area (Å²) in [6.45, 7) is 1.34. The van der Waals surface area contributed by atoms with Gasteiger partial charge in [-0.05, 0) is 6.92 Å². The van der Waals surface area contributed by atoms with E-state index in [4.69, 9.17) is 4.74 Å². The summed E-state index contributed by atoms with van der Waals surface area (Å²) in [5.74, 6) is -0.522. The number of alkyl halides is 3. The summed E-state index contributed by atoms with van der Waals surface area (Å²) >= 11 is 0. The Kier molecular flexibility index (Phi) is 3.36. The summed E-state index contributed by atoms with van der Waals surface area (Å²) in [5.41, 5.74) is -0.00792. The smallest absolute Gasteiger partial charge is 0.494 e. The van der Waals surface area contributed by atoms with Gasteiger partial charge in [0.15, 0.2) is 17.8 Å². The van der Waals surface area contributed by atoms with E-state index in [9.17, 15) is 18.0 Å². The molecule has 0 atom stereocenters. The second-order valence-electron chi connectivity index (χ2n) is 2.83. The lowest BCUT2D eigenvalue weighted by Crippen LogP contribution is -2.18. The highest BCUT2D eigenvalue weighted by molar-refractivity contribution is 5.77. The van der Waals surface area contributed by atoms with E-state index in [0.717, 1.165) is 6.20 Å². The molecule has 0 N–H and O–H groups in total. The van der Waals surface area contributed by atoms with E-state index in [2.05, 4.69) is 9.72 Å². The van der Waals surface area contributed by atoms with Crippen LogP contribution in [0.1, 0.15) is 16.1 Å². The molecule has 0 radical (unpaired) electrons.